The minimum Gasteiger partial charge on any atom is -0.347 e. The SMILES string of the molecule is O=C(NC1CCCc2c1cnn2Cc1ccccc1)[C@@H]1CCCN1C(=O)c1cccs1. The van der Waals surface area contributed by atoms with Gasteiger partial charge in [-0.3, -0.25) is 14.3 Å². The zero-order valence-electron chi connectivity index (χ0n) is 17.4. The Morgan fingerprint density at radius 1 is 1.10 bits per heavy atom. The van der Waals surface area contributed by atoms with Crippen LogP contribution in [0.3, 0.4) is 0 Å². The molecule has 3 heterocycles. The van der Waals surface area contributed by atoms with Gasteiger partial charge in [-0.15, -0.1) is 11.3 Å². The number of rotatable bonds is 5. The zero-order chi connectivity index (χ0) is 21.2. The number of fused-ring (bicyclic) bond motifs is 1. The average Bonchev–Trinajstić information content (AvgIpc) is 3.55. The summed E-state index contributed by atoms with van der Waals surface area (Å²) in [7, 11) is 0. The second-order valence-corrected chi connectivity index (χ2v) is 9.22. The zero-order valence-corrected chi connectivity index (χ0v) is 18.2. The molecule has 0 saturated carbocycles. The van der Waals surface area contributed by atoms with E-state index in [4.69, 9.17) is 0 Å². The second-order valence-electron chi connectivity index (χ2n) is 8.28. The summed E-state index contributed by atoms with van der Waals surface area (Å²) in [6.07, 6.45) is 6.38. The first-order chi connectivity index (χ1) is 15.2. The van der Waals surface area contributed by atoms with E-state index in [-0.39, 0.29) is 23.9 Å². The molecule has 6 nitrogen and oxygen atoms in total. The summed E-state index contributed by atoms with van der Waals surface area (Å²) >= 11 is 1.43. The van der Waals surface area contributed by atoms with Gasteiger partial charge in [-0.1, -0.05) is 36.4 Å². The van der Waals surface area contributed by atoms with E-state index in [1.54, 1.807) is 4.90 Å². The van der Waals surface area contributed by atoms with E-state index in [0.717, 1.165) is 44.2 Å². The van der Waals surface area contributed by atoms with Gasteiger partial charge in [0.25, 0.3) is 5.91 Å². The molecule has 0 bridgehead atoms. The average molecular weight is 435 g/mol. The Labute approximate surface area is 185 Å². The van der Waals surface area contributed by atoms with Gasteiger partial charge in [-0.25, -0.2) is 0 Å². The van der Waals surface area contributed by atoms with E-state index in [0.29, 0.717) is 11.4 Å². The van der Waals surface area contributed by atoms with E-state index >= 15 is 0 Å². The molecule has 2 aliphatic rings. The summed E-state index contributed by atoms with van der Waals surface area (Å²) < 4.78 is 2.06. The van der Waals surface area contributed by atoms with Gasteiger partial charge in [0.1, 0.15) is 6.04 Å². The molecular weight excluding hydrogens is 408 g/mol. The number of aromatic nitrogens is 2. The van der Waals surface area contributed by atoms with Gasteiger partial charge in [0, 0.05) is 17.8 Å². The van der Waals surface area contributed by atoms with Gasteiger partial charge < -0.3 is 10.2 Å². The van der Waals surface area contributed by atoms with Crippen molar-refractivity contribution in [3.63, 3.8) is 0 Å². The molecule has 0 spiro atoms. The van der Waals surface area contributed by atoms with Crippen LogP contribution in [0.1, 0.15) is 58.2 Å². The molecule has 1 aromatic carbocycles. The van der Waals surface area contributed by atoms with Crippen molar-refractivity contribution >= 4 is 23.2 Å². The Morgan fingerprint density at radius 2 is 1.97 bits per heavy atom. The molecular formula is C24H26N4O2S. The molecule has 1 fully saturated rings. The fraction of sp³-hybridized carbons (Fsp3) is 0.375. The summed E-state index contributed by atoms with van der Waals surface area (Å²) in [6.45, 7) is 1.38. The van der Waals surface area contributed by atoms with Gasteiger partial charge in [0.2, 0.25) is 5.91 Å². The lowest BCUT2D eigenvalue weighted by Crippen LogP contribution is -2.47. The van der Waals surface area contributed by atoms with E-state index in [1.807, 2.05) is 41.9 Å². The number of hydrogen-bond donors (Lipinski definition) is 1. The first-order valence-corrected chi connectivity index (χ1v) is 11.8. The molecule has 7 heteroatoms. The lowest BCUT2D eigenvalue weighted by molar-refractivity contribution is -0.125. The number of carbonyl (C=O) groups is 2. The lowest BCUT2D eigenvalue weighted by Gasteiger charge is -2.28. The first-order valence-electron chi connectivity index (χ1n) is 10.9. The Bertz CT molecular complexity index is 1060. The Morgan fingerprint density at radius 3 is 2.77 bits per heavy atom. The molecule has 1 aliphatic carbocycles. The Balaban J connectivity index is 1.30. The van der Waals surface area contributed by atoms with Crippen LogP contribution in [0.4, 0.5) is 0 Å². The fourth-order valence-corrected chi connectivity index (χ4v) is 5.43. The minimum absolute atomic E-state index is 0.0346. The maximum Gasteiger partial charge on any atom is 0.264 e. The van der Waals surface area contributed by atoms with Crippen LogP contribution in [0.5, 0.6) is 0 Å². The van der Waals surface area contributed by atoms with E-state index in [1.165, 1.54) is 22.6 Å². The Hall–Kier alpha value is -2.93. The molecule has 1 unspecified atom stereocenters. The highest BCUT2D eigenvalue weighted by atomic mass is 32.1. The number of thiophene rings is 1. The normalized spacial score (nSPS) is 20.5. The molecule has 2 atom stereocenters. The van der Waals surface area contributed by atoms with Crippen molar-refractivity contribution in [3.05, 3.63) is 75.7 Å². The minimum atomic E-state index is -0.389. The van der Waals surface area contributed by atoms with Gasteiger partial charge >= 0.3 is 0 Å². The molecule has 2 aromatic heterocycles. The summed E-state index contributed by atoms with van der Waals surface area (Å²) in [5.74, 6) is -0.0799. The smallest absolute Gasteiger partial charge is 0.264 e. The van der Waals surface area contributed by atoms with Crippen LogP contribution in [0.25, 0.3) is 0 Å². The third-order valence-electron chi connectivity index (χ3n) is 6.30. The number of likely N-dealkylation sites (tertiary alicyclic amines) is 1. The van der Waals surface area contributed by atoms with Crippen molar-refractivity contribution in [2.45, 2.75) is 50.7 Å². The number of benzene rings is 1. The van der Waals surface area contributed by atoms with Crippen LogP contribution in [-0.2, 0) is 17.8 Å². The predicted octanol–water partition coefficient (Wildman–Crippen LogP) is 3.79. The van der Waals surface area contributed by atoms with Crippen LogP contribution in [0.2, 0.25) is 0 Å². The number of carbonyl (C=O) groups excluding carboxylic acids is 2. The van der Waals surface area contributed by atoms with Crippen LogP contribution >= 0.6 is 11.3 Å². The largest absolute Gasteiger partial charge is 0.347 e. The van der Waals surface area contributed by atoms with Crippen molar-refractivity contribution in [1.82, 2.24) is 20.0 Å². The summed E-state index contributed by atoms with van der Waals surface area (Å²) in [4.78, 5) is 28.4. The number of nitrogens with zero attached hydrogens (tertiary/aromatic N) is 3. The van der Waals surface area contributed by atoms with E-state index < -0.39 is 0 Å². The molecule has 31 heavy (non-hydrogen) atoms. The van der Waals surface area contributed by atoms with Gasteiger partial charge in [-0.05, 0) is 49.1 Å². The topological polar surface area (TPSA) is 67.2 Å². The molecule has 1 saturated heterocycles. The van der Waals surface area contributed by atoms with Gasteiger partial charge in [0.05, 0.1) is 23.7 Å². The molecule has 160 valence electrons. The van der Waals surface area contributed by atoms with Gasteiger partial charge in [-0.2, -0.15) is 5.10 Å². The number of nitrogens with one attached hydrogen (secondary N) is 1. The predicted molar refractivity (Wildman–Crippen MR) is 120 cm³/mol. The standard InChI is InChI=1S/C24H26N4O2S/c29-23(21-11-5-13-27(21)24(30)22-12-6-14-31-22)26-19-9-4-10-20-18(19)15-25-28(20)16-17-7-2-1-3-8-17/h1-3,6-8,12,14-15,19,21H,4-5,9-11,13,16H2,(H,26,29)/t19?,21-/m0/s1. The van der Waals surface area contributed by atoms with E-state index in [2.05, 4.69) is 27.2 Å². The van der Waals surface area contributed by atoms with Crippen molar-refractivity contribution in [3.8, 4) is 0 Å². The third kappa shape index (κ3) is 4.02. The highest BCUT2D eigenvalue weighted by Gasteiger charge is 2.36. The second kappa shape index (κ2) is 8.67. The maximum absolute atomic E-state index is 13.2. The van der Waals surface area contributed by atoms with Crippen LogP contribution in [0, 0.1) is 0 Å². The van der Waals surface area contributed by atoms with Crippen LogP contribution in [-0.4, -0.2) is 39.1 Å². The molecule has 1 N–H and O–H groups in total. The molecule has 5 rings (SSSR count). The van der Waals surface area contributed by atoms with Crippen molar-refractivity contribution < 1.29 is 9.59 Å². The van der Waals surface area contributed by atoms with Crippen molar-refractivity contribution in [1.29, 1.82) is 0 Å². The molecule has 3 aromatic rings. The van der Waals surface area contributed by atoms with Crippen LogP contribution in [0.15, 0.2) is 54.0 Å². The van der Waals surface area contributed by atoms with E-state index in [9.17, 15) is 9.59 Å². The monoisotopic (exact) mass is 434 g/mol. The molecule has 1 aliphatic heterocycles. The van der Waals surface area contributed by atoms with Crippen molar-refractivity contribution in [2.24, 2.45) is 0 Å². The third-order valence-corrected chi connectivity index (χ3v) is 7.16. The fourth-order valence-electron chi connectivity index (χ4n) is 4.75. The maximum atomic E-state index is 13.2. The van der Waals surface area contributed by atoms with Crippen LogP contribution < -0.4 is 5.32 Å². The van der Waals surface area contributed by atoms with Crippen molar-refractivity contribution in [2.75, 3.05) is 6.54 Å². The highest BCUT2D eigenvalue weighted by molar-refractivity contribution is 7.12. The lowest BCUT2D eigenvalue weighted by atomic mass is 9.92. The van der Waals surface area contributed by atoms with Gasteiger partial charge in [0.15, 0.2) is 0 Å². The number of hydrogen-bond acceptors (Lipinski definition) is 4. The summed E-state index contributed by atoms with van der Waals surface area (Å²) in [6, 6.07) is 13.6. The quantitative estimate of drug-likeness (QED) is 0.664. The number of amides is 2. The molecule has 2 amide bonds. The Kier molecular flexibility index (Phi) is 5.59. The summed E-state index contributed by atoms with van der Waals surface area (Å²) in [5, 5.41) is 9.77. The first kappa shape index (κ1) is 20.0. The summed E-state index contributed by atoms with van der Waals surface area (Å²) in [5.41, 5.74) is 3.54. The highest BCUT2D eigenvalue weighted by Crippen LogP contribution is 2.31. The molecule has 0 radical (unpaired) electrons.